The molecule has 0 aliphatic carbocycles. The fraction of sp³-hybridized carbons (Fsp3) is 1.00. The van der Waals surface area contributed by atoms with Gasteiger partial charge in [-0.15, -0.1) is 10.8 Å². The van der Waals surface area contributed by atoms with E-state index in [9.17, 15) is 0 Å². The summed E-state index contributed by atoms with van der Waals surface area (Å²) in [5.74, 6) is 0. The number of hydroxylamine groups is 1. The van der Waals surface area contributed by atoms with Crippen molar-refractivity contribution in [3.8, 4) is 0 Å². The molecule has 1 aliphatic heterocycles. The van der Waals surface area contributed by atoms with Gasteiger partial charge < -0.3 is 0 Å². The Hall–Kier alpha value is 0.190. The number of hydrogen-bond acceptors (Lipinski definition) is 4. The molecule has 2 N–H and O–H groups in total. The summed E-state index contributed by atoms with van der Waals surface area (Å²) in [6.07, 6.45) is 2.24. The van der Waals surface area contributed by atoms with E-state index in [4.69, 9.17) is 13.9 Å². The Morgan fingerprint density at radius 2 is 2.22 bits per heavy atom. The summed E-state index contributed by atoms with van der Waals surface area (Å²) >= 11 is 0. The standard InChI is InChI=1S/C4H11NO3S/c1-9(6,7)5-3-2-4-8-5/h6-7H,2-4H2,1H3. The molecular weight excluding hydrogens is 142 g/mol. The van der Waals surface area contributed by atoms with Gasteiger partial charge in [0.15, 0.2) is 0 Å². The average molecular weight is 153 g/mol. The monoisotopic (exact) mass is 153 g/mol. The third-order valence-electron chi connectivity index (χ3n) is 1.11. The van der Waals surface area contributed by atoms with Crippen LogP contribution >= 0.6 is 10.8 Å². The minimum Gasteiger partial charge on any atom is -0.284 e. The maximum absolute atomic E-state index is 8.96. The molecule has 0 aromatic carbocycles. The molecule has 0 unspecified atom stereocenters. The van der Waals surface area contributed by atoms with Gasteiger partial charge in [-0.1, -0.05) is 4.47 Å². The molecule has 0 radical (unpaired) electrons. The summed E-state index contributed by atoms with van der Waals surface area (Å²) in [7, 11) is -2.59. The van der Waals surface area contributed by atoms with Crippen LogP contribution in [0.2, 0.25) is 0 Å². The van der Waals surface area contributed by atoms with Crippen molar-refractivity contribution in [2.75, 3.05) is 19.4 Å². The zero-order valence-electron chi connectivity index (χ0n) is 5.28. The van der Waals surface area contributed by atoms with E-state index in [-0.39, 0.29) is 0 Å². The highest BCUT2D eigenvalue weighted by atomic mass is 32.3. The van der Waals surface area contributed by atoms with Gasteiger partial charge in [0.1, 0.15) is 0 Å². The van der Waals surface area contributed by atoms with Crippen molar-refractivity contribution in [2.24, 2.45) is 0 Å². The molecule has 0 saturated carbocycles. The molecule has 0 amide bonds. The molecule has 5 heteroatoms. The second-order valence-electron chi connectivity index (χ2n) is 2.04. The van der Waals surface area contributed by atoms with Crippen LogP contribution in [0.4, 0.5) is 0 Å². The molecule has 1 fully saturated rings. The second kappa shape index (κ2) is 2.43. The quantitative estimate of drug-likeness (QED) is 0.588. The molecule has 0 aromatic rings. The van der Waals surface area contributed by atoms with Crippen LogP contribution in [-0.4, -0.2) is 33.0 Å². The van der Waals surface area contributed by atoms with E-state index < -0.39 is 10.8 Å². The summed E-state index contributed by atoms with van der Waals surface area (Å²) in [6, 6.07) is 0. The Labute approximate surface area is 55.9 Å². The summed E-state index contributed by atoms with van der Waals surface area (Å²) in [5, 5.41) is 0. The topological polar surface area (TPSA) is 52.9 Å². The number of nitrogens with zero attached hydrogens (tertiary/aromatic N) is 1. The molecule has 4 nitrogen and oxygen atoms in total. The summed E-state index contributed by atoms with van der Waals surface area (Å²) in [4.78, 5) is 4.89. The second-order valence-corrected chi connectivity index (χ2v) is 4.03. The predicted molar refractivity (Wildman–Crippen MR) is 36.0 cm³/mol. The molecule has 9 heavy (non-hydrogen) atoms. The van der Waals surface area contributed by atoms with Gasteiger partial charge in [0.2, 0.25) is 0 Å². The average Bonchev–Trinajstić information content (AvgIpc) is 2.08. The molecule has 1 aliphatic rings. The maximum atomic E-state index is 8.96. The maximum Gasteiger partial charge on any atom is 0.0718 e. The van der Waals surface area contributed by atoms with Crippen molar-refractivity contribution in [3.63, 3.8) is 0 Å². The summed E-state index contributed by atoms with van der Waals surface area (Å²) < 4.78 is 19.2. The van der Waals surface area contributed by atoms with Crippen LogP contribution < -0.4 is 0 Å². The van der Waals surface area contributed by atoms with Crippen LogP contribution in [0.5, 0.6) is 0 Å². The van der Waals surface area contributed by atoms with E-state index in [1.807, 2.05) is 0 Å². The van der Waals surface area contributed by atoms with Crippen LogP contribution in [-0.2, 0) is 4.84 Å². The third-order valence-corrected chi connectivity index (χ3v) is 2.17. The first kappa shape index (κ1) is 7.30. The lowest BCUT2D eigenvalue weighted by molar-refractivity contribution is -0.0369. The fourth-order valence-corrected chi connectivity index (χ4v) is 1.45. The van der Waals surface area contributed by atoms with E-state index in [1.165, 1.54) is 10.7 Å². The van der Waals surface area contributed by atoms with Crippen LogP contribution in [0, 0.1) is 0 Å². The number of rotatable bonds is 1. The first-order valence-electron chi connectivity index (χ1n) is 2.74. The first-order chi connectivity index (χ1) is 4.11. The highest BCUT2D eigenvalue weighted by molar-refractivity contribution is 8.21. The molecule has 0 bridgehead atoms. The van der Waals surface area contributed by atoms with Gasteiger partial charge in [-0.25, -0.2) is 0 Å². The lowest BCUT2D eigenvalue weighted by Crippen LogP contribution is -2.21. The van der Waals surface area contributed by atoms with E-state index in [1.54, 1.807) is 0 Å². The van der Waals surface area contributed by atoms with Gasteiger partial charge in [-0.05, 0) is 6.42 Å². The zero-order valence-corrected chi connectivity index (χ0v) is 6.10. The Bertz CT molecular complexity index is 96.5. The molecular formula is C4H11NO3S. The fourth-order valence-electron chi connectivity index (χ4n) is 0.697. The van der Waals surface area contributed by atoms with Crippen LogP contribution in [0.3, 0.4) is 0 Å². The van der Waals surface area contributed by atoms with Gasteiger partial charge >= 0.3 is 0 Å². The van der Waals surface area contributed by atoms with Gasteiger partial charge in [0.05, 0.1) is 6.61 Å². The highest BCUT2D eigenvalue weighted by Gasteiger charge is 2.22. The van der Waals surface area contributed by atoms with Crippen LogP contribution in [0.1, 0.15) is 6.42 Å². The molecule has 0 aromatic heterocycles. The van der Waals surface area contributed by atoms with Crippen molar-refractivity contribution in [1.82, 2.24) is 4.47 Å². The normalized spacial score (nSPS) is 24.8. The van der Waals surface area contributed by atoms with Gasteiger partial charge in [-0.2, -0.15) is 0 Å². The minimum atomic E-state index is -2.59. The van der Waals surface area contributed by atoms with Crippen molar-refractivity contribution >= 4 is 10.8 Å². The molecule has 1 heterocycles. The largest absolute Gasteiger partial charge is 0.284 e. The minimum absolute atomic E-state index is 0.601. The van der Waals surface area contributed by atoms with Gasteiger partial charge in [-0.3, -0.25) is 13.9 Å². The predicted octanol–water partition coefficient (Wildman–Crippen LogP) is 0.919. The summed E-state index contributed by atoms with van der Waals surface area (Å²) in [5.41, 5.74) is 0. The summed E-state index contributed by atoms with van der Waals surface area (Å²) in [6.45, 7) is 1.22. The van der Waals surface area contributed by atoms with E-state index in [0.717, 1.165) is 6.42 Å². The molecule has 0 atom stereocenters. The Kier molecular flexibility index (Phi) is 1.97. The molecule has 0 spiro atoms. The van der Waals surface area contributed by atoms with E-state index in [2.05, 4.69) is 0 Å². The third kappa shape index (κ3) is 1.80. The first-order valence-corrected chi connectivity index (χ1v) is 4.66. The molecule has 1 rings (SSSR count). The van der Waals surface area contributed by atoms with Crippen LogP contribution in [0.25, 0.3) is 0 Å². The van der Waals surface area contributed by atoms with Crippen molar-refractivity contribution in [2.45, 2.75) is 6.42 Å². The SMILES string of the molecule is CS(O)(O)N1CCCO1. The lowest BCUT2D eigenvalue weighted by atomic mass is 10.5. The van der Waals surface area contributed by atoms with Gasteiger partial charge in [0.25, 0.3) is 0 Å². The van der Waals surface area contributed by atoms with E-state index >= 15 is 0 Å². The molecule has 56 valence electrons. The Balaban J connectivity index is 2.42. The Morgan fingerprint density at radius 3 is 2.44 bits per heavy atom. The van der Waals surface area contributed by atoms with Crippen molar-refractivity contribution in [3.05, 3.63) is 0 Å². The smallest absolute Gasteiger partial charge is 0.0718 e. The van der Waals surface area contributed by atoms with Crippen LogP contribution in [0.15, 0.2) is 0 Å². The number of hydrogen-bond donors (Lipinski definition) is 2. The molecule has 1 saturated heterocycles. The Morgan fingerprint density at radius 1 is 1.56 bits per heavy atom. The van der Waals surface area contributed by atoms with Crippen molar-refractivity contribution in [1.29, 1.82) is 0 Å². The lowest BCUT2D eigenvalue weighted by Gasteiger charge is -2.34. The highest BCUT2D eigenvalue weighted by Crippen LogP contribution is 2.40. The zero-order chi connectivity index (χ0) is 6.91. The van der Waals surface area contributed by atoms with Gasteiger partial charge in [0, 0.05) is 12.8 Å². The van der Waals surface area contributed by atoms with Crippen molar-refractivity contribution < 1.29 is 13.9 Å². The van der Waals surface area contributed by atoms with E-state index in [0.29, 0.717) is 13.2 Å².